The van der Waals surface area contributed by atoms with E-state index in [0.717, 1.165) is 52.0 Å². The molecule has 1 aliphatic heterocycles. The van der Waals surface area contributed by atoms with Crippen LogP contribution in [0.25, 0.3) is 0 Å². The standard InChI is InChI=1S/C19H29ClN4O2/c1-2-3-6-9-21-18(25)14-23-10-12-24(13-11-23)15-19(26)22-17-8-5-4-7-16(17)20/h4-5,7-8H,2-3,6,9-15H2,1H3,(H,21,25)(H,22,26)/p+2. The number of nitrogens with one attached hydrogen (secondary N) is 4. The number of piperazine rings is 1. The van der Waals surface area contributed by atoms with E-state index in [0.29, 0.717) is 23.8 Å². The molecule has 6 nitrogen and oxygen atoms in total. The van der Waals surface area contributed by atoms with Gasteiger partial charge in [0.1, 0.15) is 26.2 Å². The van der Waals surface area contributed by atoms with Gasteiger partial charge in [0.15, 0.2) is 13.1 Å². The third-order valence-corrected chi connectivity index (χ3v) is 5.07. The number of para-hydroxylation sites is 1. The molecule has 0 unspecified atom stereocenters. The molecule has 0 radical (unpaired) electrons. The first-order valence-electron chi connectivity index (χ1n) is 9.56. The minimum absolute atomic E-state index is 0.0229. The molecular formula is C19H31ClN4O2+2. The van der Waals surface area contributed by atoms with Crippen molar-refractivity contribution in [3.8, 4) is 0 Å². The number of unbranched alkanes of at least 4 members (excludes halogenated alkanes) is 2. The molecule has 0 aromatic heterocycles. The molecule has 1 aliphatic rings. The lowest BCUT2D eigenvalue weighted by Crippen LogP contribution is -3.28. The lowest BCUT2D eigenvalue weighted by atomic mass is 10.2. The van der Waals surface area contributed by atoms with E-state index in [-0.39, 0.29) is 11.8 Å². The zero-order valence-electron chi connectivity index (χ0n) is 15.6. The second-order valence-electron chi connectivity index (χ2n) is 6.94. The predicted molar refractivity (Wildman–Crippen MR) is 104 cm³/mol. The second-order valence-corrected chi connectivity index (χ2v) is 7.35. The van der Waals surface area contributed by atoms with Gasteiger partial charge in [-0.15, -0.1) is 0 Å². The molecule has 26 heavy (non-hydrogen) atoms. The number of carbonyl (C=O) groups excluding carboxylic acids is 2. The Hall–Kier alpha value is -1.63. The van der Waals surface area contributed by atoms with Gasteiger partial charge >= 0.3 is 0 Å². The van der Waals surface area contributed by atoms with E-state index in [1.54, 1.807) is 12.1 Å². The highest BCUT2D eigenvalue weighted by Crippen LogP contribution is 2.19. The molecule has 0 saturated carbocycles. The van der Waals surface area contributed by atoms with Crippen LogP contribution in [-0.4, -0.2) is 57.6 Å². The van der Waals surface area contributed by atoms with Crippen molar-refractivity contribution in [2.45, 2.75) is 26.2 Å². The van der Waals surface area contributed by atoms with E-state index < -0.39 is 0 Å². The van der Waals surface area contributed by atoms with Gasteiger partial charge in [-0.05, 0) is 18.6 Å². The zero-order valence-corrected chi connectivity index (χ0v) is 16.3. The number of hydrogen-bond donors (Lipinski definition) is 4. The highest BCUT2D eigenvalue weighted by atomic mass is 35.5. The molecule has 2 rings (SSSR count). The summed E-state index contributed by atoms with van der Waals surface area (Å²) >= 11 is 6.07. The number of benzene rings is 1. The topological polar surface area (TPSA) is 67.1 Å². The van der Waals surface area contributed by atoms with E-state index in [9.17, 15) is 9.59 Å². The van der Waals surface area contributed by atoms with E-state index in [1.807, 2.05) is 12.1 Å². The molecule has 144 valence electrons. The molecule has 2 amide bonds. The lowest BCUT2D eigenvalue weighted by Gasteiger charge is -2.29. The number of hydrogen-bond acceptors (Lipinski definition) is 2. The Kier molecular flexibility index (Phi) is 8.88. The van der Waals surface area contributed by atoms with Gasteiger partial charge in [0.25, 0.3) is 11.8 Å². The monoisotopic (exact) mass is 382 g/mol. The van der Waals surface area contributed by atoms with Crippen molar-refractivity contribution in [2.75, 3.05) is 51.1 Å². The summed E-state index contributed by atoms with van der Waals surface area (Å²) in [5, 5.41) is 6.42. The number of halogens is 1. The number of quaternary nitrogens is 2. The van der Waals surface area contributed by atoms with Crippen LogP contribution in [0.5, 0.6) is 0 Å². The molecule has 1 saturated heterocycles. The average Bonchev–Trinajstić information content (AvgIpc) is 2.62. The fraction of sp³-hybridized carbons (Fsp3) is 0.579. The van der Waals surface area contributed by atoms with E-state index in [4.69, 9.17) is 11.6 Å². The van der Waals surface area contributed by atoms with Crippen LogP contribution in [0.2, 0.25) is 5.02 Å². The first kappa shape index (κ1) is 20.7. The fourth-order valence-corrected chi connectivity index (χ4v) is 3.37. The molecule has 0 atom stereocenters. The summed E-state index contributed by atoms with van der Waals surface area (Å²) in [6, 6.07) is 7.26. The third-order valence-electron chi connectivity index (χ3n) is 4.74. The van der Waals surface area contributed by atoms with Crippen LogP contribution in [-0.2, 0) is 9.59 Å². The van der Waals surface area contributed by atoms with E-state index in [1.165, 1.54) is 9.80 Å². The first-order valence-corrected chi connectivity index (χ1v) is 9.94. The van der Waals surface area contributed by atoms with E-state index >= 15 is 0 Å². The normalized spacial score (nSPS) is 19.8. The van der Waals surface area contributed by atoms with Crippen molar-refractivity contribution in [1.29, 1.82) is 0 Å². The van der Waals surface area contributed by atoms with Crippen LogP contribution in [0.4, 0.5) is 5.69 Å². The summed E-state index contributed by atoms with van der Waals surface area (Å²) in [5.41, 5.74) is 0.655. The van der Waals surface area contributed by atoms with Crippen LogP contribution >= 0.6 is 11.6 Å². The highest BCUT2D eigenvalue weighted by molar-refractivity contribution is 6.33. The molecule has 1 heterocycles. The van der Waals surface area contributed by atoms with Gasteiger partial charge in [-0.25, -0.2) is 0 Å². The highest BCUT2D eigenvalue weighted by Gasteiger charge is 2.26. The Balaban J connectivity index is 1.64. The first-order chi connectivity index (χ1) is 12.6. The van der Waals surface area contributed by atoms with Crippen LogP contribution in [0.3, 0.4) is 0 Å². The quantitative estimate of drug-likeness (QED) is 0.430. The summed E-state index contributed by atoms with van der Waals surface area (Å²) in [4.78, 5) is 26.7. The van der Waals surface area contributed by atoms with Crippen molar-refractivity contribution in [1.82, 2.24) is 5.32 Å². The Bertz CT molecular complexity index is 589. The van der Waals surface area contributed by atoms with Crippen molar-refractivity contribution in [3.05, 3.63) is 29.3 Å². The molecule has 0 bridgehead atoms. The molecule has 0 spiro atoms. The van der Waals surface area contributed by atoms with Gasteiger partial charge in [-0.2, -0.15) is 0 Å². The summed E-state index contributed by atoms with van der Waals surface area (Å²) in [5.74, 6) is 0.112. The van der Waals surface area contributed by atoms with Crippen LogP contribution in [0.15, 0.2) is 24.3 Å². The minimum atomic E-state index is -0.0229. The maximum Gasteiger partial charge on any atom is 0.279 e. The SMILES string of the molecule is CCCCCNC(=O)C[NH+]1CC[NH+](CC(=O)Nc2ccccc2Cl)CC1. The van der Waals surface area contributed by atoms with Crippen LogP contribution in [0, 0.1) is 0 Å². The summed E-state index contributed by atoms with van der Waals surface area (Å²) in [7, 11) is 0. The van der Waals surface area contributed by atoms with Crippen molar-refractivity contribution < 1.29 is 19.4 Å². The number of carbonyl (C=O) groups is 2. The molecule has 0 aliphatic carbocycles. The third kappa shape index (κ3) is 7.32. The van der Waals surface area contributed by atoms with Crippen molar-refractivity contribution >= 4 is 29.1 Å². The Morgan fingerprint density at radius 2 is 1.62 bits per heavy atom. The predicted octanol–water partition coefficient (Wildman–Crippen LogP) is -0.632. The zero-order chi connectivity index (χ0) is 18.8. The molecule has 4 N–H and O–H groups in total. The Labute approximate surface area is 160 Å². The summed E-state index contributed by atoms with van der Waals surface area (Å²) in [6.07, 6.45) is 3.37. The van der Waals surface area contributed by atoms with Gasteiger partial charge < -0.3 is 20.4 Å². The number of anilines is 1. The maximum atomic E-state index is 12.2. The summed E-state index contributed by atoms with van der Waals surface area (Å²) < 4.78 is 0. The molecular weight excluding hydrogens is 352 g/mol. The Morgan fingerprint density at radius 3 is 2.23 bits per heavy atom. The van der Waals surface area contributed by atoms with Gasteiger partial charge in [0.05, 0.1) is 10.7 Å². The van der Waals surface area contributed by atoms with Crippen molar-refractivity contribution in [2.24, 2.45) is 0 Å². The van der Waals surface area contributed by atoms with Crippen LogP contribution < -0.4 is 20.4 Å². The van der Waals surface area contributed by atoms with Gasteiger partial charge in [0.2, 0.25) is 0 Å². The van der Waals surface area contributed by atoms with E-state index in [2.05, 4.69) is 17.6 Å². The molecule has 1 aromatic carbocycles. The second kappa shape index (κ2) is 11.2. The van der Waals surface area contributed by atoms with Gasteiger partial charge in [-0.1, -0.05) is 43.5 Å². The molecule has 1 fully saturated rings. The fourth-order valence-electron chi connectivity index (χ4n) is 3.19. The van der Waals surface area contributed by atoms with Crippen molar-refractivity contribution in [3.63, 3.8) is 0 Å². The number of amides is 2. The smallest absolute Gasteiger partial charge is 0.279 e. The average molecular weight is 383 g/mol. The lowest BCUT2D eigenvalue weighted by molar-refractivity contribution is -1.00. The maximum absolute atomic E-state index is 12.2. The minimum Gasteiger partial charge on any atom is -0.351 e. The molecule has 7 heteroatoms. The molecule has 1 aromatic rings. The van der Waals surface area contributed by atoms with Crippen LogP contribution in [0.1, 0.15) is 26.2 Å². The largest absolute Gasteiger partial charge is 0.351 e. The Morgan fingerprint density at radius 1 is 1.00 bits per heavy atom. The van der Waals surface area contributed by atoms with Gasteiger partial charge in [-0.3, -0.25) is 9.59 Å². The number of rotatable bonds is 9. The van der Waals surface area contributed by atoms with Gasteiger partial charge in [0, 0.05) is 6.54 Å². The summed E-state index contributed by atoms with van der Waals surface area (Å²) in [6.45, 7) is 7.52.